The van der Waals surface area contributed by atoms with E-state index in [9.17, 15) is 0 Å². The van der Waals surface area contributed by atoms with Crippen LogP contribution in [0.4, 0.5) is 17.5 Å². The molecule has 2 N–H and O–H groups in total. The minimum atomic E-state index is 0.429. The molecule has 2 heterocycles. The van der Waals surface area contributed by atoms with Crippen LogP contribution in [-0.2, 0) is 0 Å². The van der Waals surface area contributed by atoms with Crippen LogP contribution in [-0.4, -0.2) is 50.4 Å². The summed E-state index contributed by atoms with van der Waals surface area (Å²) in [5.74, 6) is 2.28. The van der Waals surface area contributed by atoms with E-state index in [1.807, 2.05) is 30.3 Å². The second kappa shape index (κ2) is 7.59. The van der Waals surface area contributed by atoms with Gasteiger partial charge in [0.2, 0.25) is 5.95 Å². The number of anilines is 3. The summed E-state index contributed by atoms with van der Waals surface area (Å²) in [5, 5.41) is 1.49. The van der Waals surface area contributed by atoms with Crippen LogP contribution < -0.4 is 25.0 Å². The van der Waals surface area contributed by atoms with E-state index < -0.39 is 0 Å². The molecule has 1 aliphatic heterocycles. The lowest BCUT2D eigenvalue weighted by atomic mass is 10.2. The summed E-state index contributed by atoms with van der Waals surface area (Å²) in [6, 6.07) is 11.6. The number of fused-ring (bicyclic) bond motifs is 1. The van der Waals surface area contributed by atoms with E-state index in [0.717, 1.165) is 47.8 Å². The van der Waals surface area contributed by atoms with Crippen LogP contribution in [0.2, 0.25) is 5.02 Å². The van der Waals surface area contributed by atoms with E-state index in [1.54, 1.807) is 14.2 Å². The Labute approximate surface area is 168 Å². The van der Waals surface area contributed by atoms with Crippen LogP contribution in [0.1, 0.15) is 0 Å². The molecule has 3 aromatic rings. The summed E-state index contributed by atoms with van der Waals surface area (Å²) >= 11 is 6.12. The molecule has 0 saturated carbocycles. The van der Waals surface area contributed by atoms with Gasteiger partial charge < -0.3 is 25.0 Å². The van der Waals surface area contributed by atoms with Gasteiger partial charge in [-0.15, -0.1) is 0 Å². The molecule has 2 aromatic carbocycles. The first-order chi connectivity index (χ1) is 13.6. The molecular formula is C20H22ClN5O2. The van der Waals surface area contributed by atoms with Gasteiger partial charge in [0.1, 0.15) is 5.82 Å². The van der Waals surface area contributed by atoms with Crippen LogP contribution in [0.15, 0.2) is 36.4 Å². The Morgan fingerprint density at radius 2 is 1.61 bits per heavy atom. The lowest BCUT2D eigenvalue weighted by molar-refractivity contribution is 0.356. The van der Waals surface area contributed by atoms with Gasteiger partial charge in [0, 0.05) is 48.3 Å². The number of piperazine rings is 1. The summed E-state index contributed by atoms with van der Waals surface area (Å²) < 4.78 is 10.7. The maximum Gasteiger partial charge on any atom is 0.228 e. The Hall–Kier alpha value is -2.93. The zero-order chi connectivity index (χ0) is 19.7. The molecule has 0 amide bonds. The molecule has 0 aliphatic carbocycles. The van der Waals surface area contributed by atoms with Crippen molar-refractivity contribution in [2.24, 2.45) is 0 Å². The van der Waals surface area contributed by atoms with Crippen LogP contribution >= 0.6 is 11.6 Å². The van der Waals surface area contributed by atoms with Gasteiger partial charge in [0.25, 0.3) is 0 Å². The molecule has 1 aromatic heterocycles. The molecular weight excluding hydrogens is 378 g/mol. The highest BCUT2D eigenvalue weighted by atomic mass is 35.5. The summed E-state index contributed by atoms with van der Waals surface area (Å²) in [5.41, 5.74) is 8.08. The Kier molecular flexibility index (Phi) is 5.00. The highest BCUT2D eigenvalue weighted by Gasteiger charge is 2.21. The predicted octanol–water partition coefficient (Wildman–Crippen LogP) is 3.21. The second-order valence-corrected chi connectivity index (χ2v) is 7.02. The lowest BCUT2D eigenvalue weighted by Crippen LogP contribution is -2.47. The topological polar surface area (TPSA) is 76.7 Å². The first kappa shape index (κ1) is 18.4. The van der Waals surface area contributed by atoms with Gasteiger partial charge in [-0.3, -0.25) is 0 Å². The predicted molar refractivity (Wildman–Crippen MR) is 113 cm³/mol. The number of nitrogen functional groups attached to an aromatic ring is 1. The van der Waals surface area contributed by atoms with Gasteiger partial charge >= 0.3 is 0 Å². The number of ether oxygens (including phenoxy) is 2. The highest BCUT2D eigenvalue weighted by Crippen LogP contribution is 2.34. The molecule has 4 rings (SSSR count). The van der Waals surface area contributed by atoms with Crippen molar-refractivity contribution < 1.29 is 9.47 Å². The van der Waals surface area contributed by atoms with E-state index in [2.05, 4.69) is 20.9 Å². The van der Waals surface area contributed by atoms with Gasteiger partial charge in [-0.2, -0.15) is 4.98 Å². The van der Waals surface area contributed by atoms with Gasteiger partial charge in [-0.25, -0.2) is 4.98 Å². The molecule has 1 fully saturated rings. The third-order valence-electron chi connectivity index (χ3n) is 4.95. The number of methoxy groups -OCH3 is 2. The second-order valence-electron chi connectivity index (χ2n) is 6.59. The molecule has 28 heavy (non-hydrogen) atoms. The fourth-order valence-electron chi connectivity index (χ4n) is 3.45. The molecule has 1 aliphatic rings. The molecule has 0 unspecified atom stereocenters. The minimum Gasteiger partial charge on any atom is -0.493 e. The third-order valence-corrected chi connectivity index (χ3v) is 5.19. The van der Waals surface area contributed by atoms with Gasteiger partial charge in [-0.1, -0.05) is 17.7 Å². The van der Waals surface area contributed by atoms with Crippen molar-refractivity contribution in [2.45, 2.75) is 0 Å². The molecule has 0 spiro atoms. The van der Waals surface area contributed by atoms with Crippen molar-refractivity contribution in [3.05, 3.63) is 41.4 Å². The van der Waals surface area contributed by atoms with Crippen LogP contribution in [0.5, 0.6) is 11.5 Å². The van der Waals surface area contributed by atoms with Crippen molar-refractivity contribution in [2.75, 3.05) is 55.9 Å². The van der Waals surface area contributed by atoms with E-state index in [0.29, 0.717) is 23.3 Å². The van der Waals surface area contributed by atoms with Gasteiger partial charge in [0.05, 0.1) is 19.7 Å². The largest absolute Gasteiger partial charge is 0.493 e. The molecule has 0 atom stereocenters. The summed E-state index contributed by atoms with van der Waals surface area (Å²) in [6.07, 6.45) is 0. The van der Waals surface area contributed by atoms with Gasteiger partial charge in [-0.05, 0) is 24.3 Å². The van der Waals surface area contributed by atoms with Crippen molar-refractivity contribution in [1.82, 2.24) is 9.97 Å². The van der Waals surface area contributed by atoms with Crippen molar-refractivity contribution in [3.8, 4) is 11.5 Å². The minimum absolute atomic E-state index is 0.429. The molecule has 0 bridgehead atoms. The number of nitrogens with zero attached hydrogens (tertiary/aromatic N) is 4. The molecule has 8 heteroatoms. The van der Waals surface area contributed by atoms with Crippen LogP contribution in [0.25, 0.3) is 10.9 Å². The smallest absolute Gasteiger partial charge is 0.228 e. The average molecular weight is 400 g/mol. The SMILES string of the molecule is COc1cc2nc(N3CCN(c4cccc(Cl)c4)CC3)nc(N)c2cc1OC. The summed E-state index contributed by atoms with van der Waals surface area (Å²) in [4.78, 5) is 13.7. The number of hydrogen-bond acceptors (Lipinski definition) is 7. The Morgan fingerprint density at radius 1 is 0.929 bits per heavy atom. The maximum atomic E-state index is 6.21. The Balaban J connectivity index is 1.58. The Morgan fingerprint density at radius 3 is 2.29 bits per heavy atom. The first-order valence-electron chi connectivity index (χ1n) is 9.04. The molecule has 7 nitrogen and oxygen atoms in total. The number of halogens is 1. The molecule has 146 valence electrons. The molecule has 1 saturated heterocycles. The van der Waals surface area contributed by atoms with Crippen molar-refractivity contribution >= 4 is 40.0 Å². The van der Waals surface area contributed by atoms with Crippen molar-refractivity contribution in [1.29, 1.82) is 0 Å². The number of hydrogen-bond donors (Lipinski definition) is 1. The monoisotopic (exact) mass is 399 g/mol. The third kappa shape index (κ3) is 3.45. The number of rotatable bonds is 4. The van der Waals surface area contributed by atoms with E-state index in [4.69, 9.17) is 31.8 Å². The fourth-order valence-corrected chi connectivity index (χ4v) is 3.63. The number of benzene rings is 2. The van der Waals surface area contributed by atoms with E-state index >= 15 is 0 Å². The van der Waals surface area contributed by atoms with Gasteiger partial charge in [0.15, 0.2) is 11.5 Å². The zero-order valence-electron chi connectivity index (χ0n) is 15.9. The quantitative estimate of drug-likeness (QED) is 0.721. The standard InChI is InChI=1S/C20H22ClN5O2/c1-27-17-11-15-16(12-18(17)28-2)23-20(24-19(15)22)26-8-6-25(7-9-26)14-5-3-4-13(21)10-14/h3-5,10-12H,6-9H2,1-2H3,(H2,22,23,24). The summed E-state index contributed by atoms with van der Waals surface area (Å²) in [6.45, 7) is 3.30. The lowest BCUT2D eigenvalue weighted by Gasteiger charge is -2.36. The van der Waals surface area contributed by atoms with Crippen molar-refractivity contribution in [3.63, 3.8) is 0 Å². The fraction of sp³-hybridized carbons (Fsp3) is 0.300. The van der Waals surface area contributed by atoms with E-state index in [1.165, 1.54) is 0 Å². The Bertz CT molecular complexity index is 1010. The van der Waals surface area contributed by atoms with Crippen LogP contribution in [0, 0.1) is 0 Å². The average Bonchev–Trinajstić information content (AvgIpc) is 2.73. The normalized spacial score (nSPS) is 14.4. The molecule has 0 radical (unpaired) electrons. The summed E-state index contributed by atoms with van der Waals surface area (Å²) in [7, 11) is 3.19. The first-order valence-corrected chi connectivity index (χ1v) is 9.41. The maximum absolute atomic E-state index is 6.21. The van der Waals surface area contributed by atoms with Crippen LogP contribution in [0.3, 0.4) is 0 Å². The highest BCUT2D eigenvalue weighted by molar-refractivity contribution is 6.30. The number of nitrogens with two attached hydrogens (primary N) is 1. The number of aromatic nitrogens is 2. The van der Waals surface area contributed by atoms with E-state index in [-0.39, 0.29) is 0 Å². The zero-order valence-corrected chi connectivity index (χ0v) is 16.6.